The van der Waals surface area contributed by atoms with Crippen molar-refractivity contribution < 1.29 is 9.15 Å². The van der Waals surface area contributed by atoms with Crippen molar-refractivity contribution in [3.8, 4) is 34.3 Å². The fourth-order valence-corrected chi connectivity index (χ4v) is 6.10. The number of thiazole rings is 1. The molecule has 0 bridgehead atoms. The molecule has 0 spiro atoms. The molecule has 0 aliphatic carbocycles. The van der Waals surface area contributed by atoms with Gasteiger partial charge in [0.25, 0.3) is 5.56 Å². The Balaban J connectivity index is 1.31. The number of benzene rings is 3. The first-order valence-electron chi connectivity index (χ1n) is 14.3. The molecule has 0 N–H and O–H groups in total. The average Bonchev–Trinajstić information content (AvgIpc) is 3.78. The van der Waals surface area contributed by atoms with E-state index < -0.39 is 0 Å². The second-order valence-corrected chi connectivity index (χ2v) is 11.5. The highest BCUT2D eigenvalue weighted by molar-refractivity contribution is 7.15. The maximum atomic E-state index is 13.6. The molecule has 214 valence electrons. The van der Waals surface area contributed by atoms with E-state index in [0.29, 0.717) is 27.7 Å². The van der Waals surface area contributed by atoms with Gasteiger partial charge in [0, 0.05) is 28.3 Å². The summed E-state index contributed by atoms with van der Waals surface area (Å²) >= 11 is 1.30. The molecule has 0 unspecified atom stereocenters. The van der Waals surface area contributed by atoms with Crippen LogP contribution in [0, 0.1) is 13.8 Å². The summed E-state index contributed by atoms with van der Waals surface area (Å²) in [5, 5.41) is 10.5. The van der Waals surface area contributed by atoms with Crippen LogP contribution in [0.2, 0.25) is 0 Å². The normalized spacial score (nSPS) is 12.1. The Hall–Kier alpha value is -5.02. The number of para-hydroxylation sites is 2. The van der Waals surface area contributed by atoms with E-state index in [1.54, 1.807) is 0 Å². The number of unbranched alkanes of at least 4 members (excludes halogenated alkanes) is 1. The molecule has 8 nitrogen and oxygen atoms in total. The van der Waals surface area contributed by atoms with E-state index >= 15 is 0 Å². The summed E-state index contributed by atoms with van der Waals surface area (Å²) in [6, 6.07) is 23.8. The molecule has 0 saturated heterocycles. The van der Waals surface area contributed by atoms with Gasteiger partial charge in [-0.2, -0.15) is 14.6 Å². The molecule has 0 aliphatic heterocycles. The zero-order valence-electron chi connectivity index (χ0n) is 24.1. The van der Waals surface area contributed by atoms with Gasteiger partial charge in [-0.1, -0.05) is 61.1 Å². The van der Waals surface area contributed by atoms with E-state index in [2.05, 4.69) is 23.9 Å². The molecule has 0 radical (unpaired) electrons. The lowest BCUT2D eigenvalue weighted by Gasteiger charge is -2.09. The predicted molar refractivity (Wildman–Crippen MR) is 170 cm³/mol. The Bertz CT molecular complexity index is 2210. The molecule has 0 fully saturated rings. The molecular formula is C34H29N5O3S. The van der Waals surface area contributed by atoms with Gasteiger partial charge in [-0.25, -0.2) is 4.68 Å². The van der Waals surface area contributed by atoms with Gasteiger partial charge in [-0.05, 0) is 68.3 Å². The van der Waals surface area contributed by atoms with E-state index in [-0.39, 0.29) is 5.56 Å². The van der Waals surface area contributed by atoms with E-state index in [1.807, 2.05) is 96.7 Å². The third kappa shape index (κ3) is 4.91. The Morgan fingerprint density at radius 1 is 1.00 bits per heavy atom. The van der Waals surface area contributed by atoms with E-state index in [4.69, 9.17) is 14.3 Å². The fraction of sp³-hybridized carbons (Fsp3) is 0.176. The lowest BCUT2D eigenvalue weighted by molar-refractivity contribution is 0.309. The lowest BCUT2D eigenvalue weighted by atomic mass is 10.0. The number of rotatable bonds is 8. The highest BCUT2D eigenvalue weighted by Gasteiger charge is 2.20. The Morgan fingerprint density at radius 2 is 1.81 bits per heavy atom. The molecule has 7 aromatic rings. The van der Waals surface area contributed by atoms with Crippen LogP contribution < -0.4 is 14.8 Å². The van der Waals surface area contributed by atoms with Gasteiger partial charge in [-0.3, -0.25) is 4.79 Å². The number of fused-ring (bicyclic) bond motifs is 2. The summed E-state index contributed by atoms with van der Waals surface area (Å²) < 4.78 is 15.7. The fourth-order valence-electron chi connectivity index (χ4n) is 5.20. The van der Waals surface area contributed by atoms with Crippen LogP contribution in [-0.2, 0) is 0 Å². The first kappa shape index (κ1) is 26.9. The monoisotopic (exact) mass is 587 g/mol. The van der Waals surface area contributed by atoms with Crippen LogP contribution in [0.25, 0.3) is 50.5 Å². The number of nitrogens with zero attached hydrogens (tertiary/aromatic N) is 5. The number of hydrogen-bond donors (Lipinski definition) is 0. The molecule has 4 heterocycles. The van der Waals surface area contributed by atoms with Crippen molar-refractivity contribution in [3.63, 3.8) is 0 Å². The minimum atomic E-state index is -0.234. The maximum Gasteiger partial charge on any atom is 0.291 e. The summed E-state index contributed by atoms with van der Waals surface area (Å²) in [4.78, 5) is 18.7. The summed E-state index contributed by atoms with van der Waals surface area (Å²) in [6.07, 6.45) is 5.92. The third-order valence-corrected chi connectivity index (χ3v) is 8.46. The highest BCUT2D eigenvalue weighted by Crippen LogP contribution is 2.32. The standard InChI is InChI=1S/C34H29N5O3S/c1-4-5-17-41-25-15-16-26(21(2)18-25)30-23(20-38(36-30)24-11-7-6-8-12-24)19-29-33(40)39-34(43-29)35-32(37-39)31-22(3)27-13-9-10-14-28(27)42-31/h6-16,18-20H,4-5,17H2,1-3H3. The zero-order valence-corrected chi connectivity index (χ0v) is 24.9. The predicted octanol–water partition coefficient (Wildman–Crippen LogP) is 6.76. The minimum absolute atomic E-state index is 0.234. The lowest BCUT2D eigenvalue weighted by Crippen LogP contribution is -2.23. The van der Waals surface area contributed by atoms with Crippen LogP contribution in [0.15, 0.2) is 88.2 Å². The SMILES string of the molecule is CCCCOc1ccc(-c2nn(-c3ccccc3)cc2C=c2sc3nc(-c4oc5ccccc5c4C)nn3c2=O)c(C)c1. The van der Waals surface area contributed by atoms with Crippen LogP contribution in [0.3, 0.4) is 0 Å². The van der Waals surface area contributed by atoms with Crippen molar-refractivity contribution in [2.75, 3.05) is 6.61 Å². The Kier molecular flexibility index (Phi) is 6.87. The van der Waals surface area contributed by atoms with Gasteiger partial charge in [-0.15, -0.1) is 5.10 Å². The summed E-state index contributed by atoms with van der Waals surface area (Å²) in [5.41, 5.74) is 6.02. The molecular weight excluding hydrogens is 558 g/mol. The van der Waals surface area contributed by atoms with Crippen molar-refractivity contribution in [1.29, 1.82) is 0 Å². The smallest absolute Gasteiger partial charge is 0.291 e. The first-order valence-corrected chi connectivity index (χ1v) is 15.1. The number of hydrogen-bond acceptors (Lipinski definition) is 7. The molecule has 7 rings (SSSR count). The third-order valence-electron chi connectivity index (χ3n) is 7.50. The molecule has 9 heteroatoms. The average molecular weight is 588 g/mol. The Morgan fingerprint density at radius 3 is 2.58 bits per heavy atom. The highest BCUT2D eigenvalue weighted by atomic mass is 32.1. The van der Waals surface area contributed by atoms with Gasteiger partial charge >= 0.3 is 0 Å². The summed E-state index contributed by atoms with van der Waals surface area (Å²) in [7, 11) is 0. The topological polar surface area (TPSA) is 87.4 Å². The van der Waals surface area contributed by atoms with E-state index in [1.165, 1.54) is 15.9 Å². The van der Waals surface area contributed by atoms with Gasteiger partial charge in [0.15, 0.2) is 5.76 Å². The maximum absolute atomic E-state index is 13.6. The minimum Gasteiger partial charge on any atom is -0.494 e. The summed E-state index contributed by atoms with van der Waals surface area (Å²) in [5.74, 6) is 1.81. The second-order valence-electron chi connectivity index (χ2n) is 10.5. The number of furan rings is 1. The van der Waals surface area contributed by atoms with Crippen molar-refractivity contribution in [2.45, 2.75) is 33.6 Å². The van der Waals surface area contributed by atoms with E-state index in [0.717, 1.165) is 63.2 Å². The van der Waals surface area contributed by atoms with Gasteiger partial charge in [0.1, 0.15) is 17.0 Å². The molecule has 43 heavy (non-hydrogen) atoms. The van der Waals surface area contributed by atoms with Crippen LogP contribution in [0.5, 0.6) is 5.75 Å². The largest absolute Gasteiger partial charge is 0.494 e. The van der Waals surface area contributed by atoms with Gasteiger partial charge in [0.05, 0.1) is 16.8 Å². The van der Waals surface area contributed by atoms with Gasteiger partial charge < -0.3 is 9.15 Å². The molecule has 3 aromatic carbocycles. The number of ether oxygens (including phenoxy) is 1. The zero-order chi connectivity index (χ0) is 29.5. The first-order chi connectivity index (χ1) is 21.0. The van der Waals surface area contributed by atoms with Crippen LogP contribution in [0.4, 0.5) is 0 Å². The molecule has 0 aliphatic rings. The van der Waals surface area contributed by atoms with Crippen LogP contribution >= 0.6 is 11.3 Å². The Labute approximate surface area is 251 Å². The van der Waals surface area contributed by atoms with Crippen LogP contribution in [-0.4, -0.2) is 31.0 Å². The van der Waals surface area contributed by atoms with Crippen molar-refractivity contribution in [2.24, 2.45) is 0 Å². The number of aryl methyl sites for hydroxylation is 2. The molecule has 0 amide bonds. The quantitative estimate of drug-likeness (QED) is 0.183. The number of aromatic nitrogens is 5. The molecule has 0 atom stereocenters. The van der Waals surface area contributed by atoms with Crippen molar-refractivity contribution in [3.05, 3.63) is 111 Å². The summed E-state index contributed by atoms with van der Waals surface area (Å²) in [6.45, 7) is 6.87. The second kappa shape index (κ2) is 11.0. The van der Waals surface area contributed by atoms with Crippen LogP contribution in [0.1, 0.15) is 36.5 Å². The van der Waals surface area contributed by atoms with Crippen molar-refractivity contribution in [1.82, 2.24) is 24.4 Å². The van der Waals surface area contributed by atoms with Gasteiger partial charge in [0.2, 0.25) is 10.8 Å². The van der Waals surface area contributed by atoms with Crippen molar-refractivity contribution >= 4 is 33.3 Å². The molecule has 0 saturated carbocycles. The van der Waals surface area contributed by atoms with E-state index in [9.17, 15) is 4.79 Å². The molecule has 4 aromatic heterocycles.